The van der Waals surface area contributed by atoms with Crippen LogP contribution >= 0.6 is 15.9 Å². The Morgan fingerprint density at radius 2 is 1.48 bits per heavy atom. The van der Waals surface area contributed by atoms with Gasteiger partial charge >= 0.3 is 0 Å². The van der Waals surface area contributed by atoms with Crippen molar-refractivity contribution in [2.45, 2.75) is 6.92 Å². The van der Waals surface area contributed by atoms with Crippen LogP contribution in [0.25, 0.3) is 22.4 Å². The summed E-state index contributed by atoms with van der Waals surface area (Å²) in [6.45, 7) is 1.52. The van der Waals surface area contributed by atoms with E-state index in [2.05, 4.69) is 21.2 Å². The number of rotatable bonds is 5. The molecule has 0 fully saturated rings. The van der Waals surface area contributed by atoms with Crippen molar-refractivity contribution in [3.63, 3.8) is 0 Å². The fraction of sp³-hybridized carbons (Fsp3) is 0.0370. The van der Waals surface area contributed by atoms with Crippen LogP contribution in [0.15, 0.2) is 95.5 Å². The summed E-state index contributed by atoms with van der Waals surface area (Å²) < 4.78 is 0.978. The maximum atomic E-state index is 13.4. The van der Waals surface area contributed by atoms with Crippen molar-refractivity contribution in [2.24, 2.45) is 0 Å². The van der Waals surface area contributed by atoms with E-state index in [1.807, 2.05) is 72.8 Å². The van der Waals surface area contributed by atoms with E-state index in [1.165, 1.54) is 6.92 Å². The van der Waals surface area contributed by atoms with Crippen LogP contribution in [0.5, 0.6) is 0 Å². The van der Waals surface area contributed by atoms with Gasteiger partial charge in [-0.3, -0.25) is 9.59 Å². The Balaban J connectivity index is 1.77. The van der Waals surface area contributed by atoms with E-state index in [0.717, 1.165) is 26.4 Å². The average molecular weight is 470 g/mol. The Morgan fingerprint density at radius 3 is 2.19 bits per heavy atom. The first-order valence-corrected chi connectivity index (χ1v) is 10.7. The Labute approximate surface area is 189 Å². The molecule has 3 nitrogen and oxygen atoms in total. The lowest BCUT2D eigenvalue weighted by molar-refractivity contribution is -0.111. The lowest BCUT2D eigenvalue weighted by atomic mass is 9.96. The number of nitrogens with one attached hydrogen (secondary N) is 1. The first kappa shape index (κ1) is 20.8. The first-order chi connectivity index (χ1) is 15.0. The molecule has 4 heteroatoms. The van der Waals surface area contributed by atoms with Gasteiger partial charge in [0.05, 0.1) is 0 Å². The van der Waals surface area contributed by atoms with Crippen molar-refractivity contribution in [1.82, 2.24) is 0 Å². The normalized spacial score (nSPS) is 11.4. The Morgan fingerprint density at radius 1 is 0.806 bits per heavy atom. The summed E-state index contributed by atoms with van der Waals surface area (Å²) in [6, 6.07) is 28.7. The molecule has 0 radical (unpaired) electrons. The molecule has 0 aliphatic heterocycles. The van der Waals surface area contributed by atoms with Gasteiger partial charge in [-0.15, -0.1) is 0 Å². The fourth-order valence-electron chi connectivity index (χ4n) is 3.44. The number of amides is 1. The molecule has 4 rings (SSSR count). The van der Waals surface area contributed by atoms with Crippen LogP contribution in [0.2, 0.25) is 0 Å². The van der Waals surface area contributed by atoms with Crippen LogP contribution in [0.3, 0.4) is 0 Å². The SMILES string of the molecule is CC(=O)c1ccc(NC(=O)/C(=C\c2ccc(Br)cc2)c2cccc3ccccc23)cc1. The highest BCUT2D eigenvalue weighted by molar-refractivity contribution is 9.10. The molecule has 4 aromatic carbocycles. The number of anilines is 1. The van der Waals surface area contributed by atoms with Gasteiger partial charge in [0.15, 0.2) is 5.78 Å². The van der Waals surface area contributed by atoms with Crippen molar-refractivity contribution in [2.75, 3.05) is 5.32 Å². The molecule has 1 N–H and O–H groups in total. The van der Waals surface area contributed by atoms with E-state index >= 15 is 0 Å². The highest BCUT2D eigenvalue weighted by Crippen LogP contribution is 2.28. The quantitative estimate of drug-likeness (QED) is 0.194. The van der Waals surface area contributed by atoms with Gasteiger partial charge in [0.25, 0.3) is 5.91 Å². The van der Waals surface area contributed by atoms with Crippen LogP contribution in [-0.2, 0) is 4.79 Å². The molecule has 0 saturated carbocycles. The van der Waals surface area contributed by atoms with Gasteiger partial charge in [0.2, 0.25) is 0 Å². The zero-order valence-electron chi connectivity index (χ0n) is 16.9. The predicted octanol–water partition coefficient (Wildman–Crippen LogP) is 6.98. The Hall–Kier alpha value is -3.50. The largest absolute Gasteiger partial charge is 0.322 e. The van der Waals surface area contributed by atoms with Crippen LogP contribution < -0.4 is 5.32 Å². The van der Waals surface area contributed by atoms with Crippen molar-refractivity contribution in [3.05, 3.63) is 112 Å². The Kier molecular flexibility index (Phi) is 6.10. The molecule has 4 aromatic rings. The first-order valence-electron chi connectivity index (χ1n) is 9.89. The second-order valence-electron chi connectivity index (χ2n) is 7.22. The molecule has 0 aliphatic carbocycles. The highest BCUT2D eigenvalue weighted by Gasteiger charge is 2.15. The van der Waals surface area contributed by atoms with E-state index in [1.54, 1.807) is 24.3 Å². The van der Waals surface area contributed by atoms with Crippen LogP contribution in [0.1, 0.15) is 28.4 Å². The standard InChI is InChI=1S/C27H20BrNO2/c1-18(30)20-11-15-23(16-12-20)29-27(31)26(17-19-9-13-22(28)14-10-19)25-8-4-6-21-5-2-3-7-24(21)25/h2-17H,1H3,(H,29,31)/b26-17-. The topological polar surface area (TPSA) is 46.2 Å². The molecule has 0 saturated heterocycles. The number of hydrogen-bond acceptors (Lipinski definition) is 2. The van der Waals surface area contributed by atoms with Crippen LogP contribution in [0.4, 0.5) is 5.69 Å². The zero-order valence-corrected chi connectivity index (χ0v) is 18.5. The van der Waals surface area contributed by atoms with Gasteiger partial charge in [-0.1, -0.05) is 70.5 Å². The van der Waals surface area contributed by atoms with E-state index in [0.29, 0.717) is 16.8 Å². The third-order valence-corrected chi connectivity index (χ3v) is 5.58. The molecule has 0 spiro atoms. The molecule has 1 amide bonds. The van der Waals surface area contributed by atoms with Gasteiger partial charge in [0, 0.05) is 21.3 Å². The summed E-state index contributed by atoms with van der Waals surface area (Å²) in [6.07, 6.45) is 1.90. The number of halogens is 1. The second-order valence-corrected chi connectivity index (χ2v) is 8.14. The third kappa shape index (κ3) is 4.81. The minimum atomic E-state index is -0.213. The molecule has 31 heavy (non-hydrogen) atoms. The van der Waals surface area contributed by atoms with Crippen LogP contribution in [0, 0.1) is 0 Å². The highest BCUT2D eigenvalue weighted by atomic mass is 79.9. The summed E-state index contributed by atoms with van der Waals surface area (Å²) in [5.74, 6) is -0.223. The zero-order chi connectivity index (χ0) is 21.8. The lowest BCUT2D eigenvalue weighted by Crippen LogP contribution is -2.14. The van der Waals surface area contributed by atoms with Crippen molar-refractivity contribution in [1.29, 1.82) is 0 Å². The molecule has 0 heterocycles. The molecule has 0 bridgehead atoms. The number of carbonyl (C=O) groups excluding carboxylic acids is 2. The molecule has 0 atom stereocenters. The molecular weight excluding hydrogens is 450 g/mol. The number of fused-ring (bicyclic) bond motifs is 1. The summed E-state index contributed by atoms with van der Waals surface area (Å²) >= 11 is 3.45. The van der Waals surface area contributed by atoms with E-state index in [9.17, 15) is 9.59 Å². The number of benzene rings is 4. The van der Waals surface area contributed by atoms with Gasteiger partial charge in [-0.25, -0.2) is 0 Å². The van der Waals surface area contributed by atoms with Gasteiger partial charge in [-0.05, 0) is 71.3 Å². The fourth-order valence-corrected chi connectivity index (χ4v) is 3.70. The molecule has 0 aromatic heterocycles. The summed E-state index contributed by atoms with van der Waals surface area (Å²) in [5.41, 5.74) is 3.59. The molecular formula is C27H20BrNO2. The smallest absolute Gasteiger partial charge is 0.256 e. The average Bonchev–Trinajstić information content (AvgIpc) is 2.78. The van der Waals surface area contributed by atoms with Crippen molar-refractivity contribution >= 4 is 55.7 Å². The van der Waals surface area contributed by atoms with Crippen molar-refractivity contribution in [3.8, 4) is 0 Å². The maximum Gasteiger partial charge on any atom is 0.256 e. The monoisotopic (exact) mass is 469 g/mol. The summed E-state index contributed by atoms with van der Waals surface area (Å²) in [7, 11) is 0. The summed E-state index contributed by atoms with van der Waals surface area (Å²) in [4.78, 5) is 24.9. The minimum Gasteiger partial charge on any atom is -0.322 e. The van der Waals surface area contributed by atoms with Gasteiger partial charge in [-0.2, -0.15) is 0 Å². The van der Waals surface area contributed by atoms with E-state index in [-0.39, 0.29) is 11.7 Å². The molecule has 0 unspecified atom stereocenters. The minimum absolute atomic E-state index is 0.00976. The predicted molar refractivity (Wildman–Crippen MR) is 131 cm³/mol. The number of Topliss-reactive ketones (excluding diaryl/α,β-unsaturated/α-hetero) is 1. The second kappa shape index (κ2) is 9.11. The lowest BCUT2D eigenvalue weighted by Gasteiger charge is -2.13. The molecule has 0 aliphatic rings. The van der Waals surface area contributed by atoms with E-state index < -0.39 is 0 Å². The van der Waals surface area contributed by atoms with Gasteiger partial charge in [0.1, 0.15) is 0 Å². The number of hydrogen-bond donors (Lipinski definition) is 1. The van der Waals surface area contributed by atoms with E-state index in [4.69, 9.17) is 0 Å². The third-order valence-electron chi connectivity index (χ3n) is 5.05. The Bertz CT molecular complexity index is 1280. The van der Waals surface area contributed by atoms with Gasteiger partial charge < -0.3 is 5.32 Å². The molecule has 152 valence electrons. The van der Waals surface area contributed by atoms with Crippen LogP contribution in [-0.4, -0.2) is 11.7 Å². The summed E-state index contributed by atoms with van der Waals surface area (Å²) in [5, 5.41) is 5.05. The maximum absolute atomic E-state index is 13.4. The van der Waals surface area contributed by atoms with Crippen molar-refractivity contribution < 1.29 is 9.59 Å². The number of ketones is 1. The number of carbonyl (C=O) groups is 2.